The third-order valence-electron chi connectivity index (χ3n) is 1.68. The molecule has 6 nitrogen and oxygen atoms in total. The first-order chi connectivity index (χ1) is 5.86. The summed E-state index contributed by atoms with van der Waals surface area (Å²) in [4.78, 5) is 11.5. The van der Waals surface area contributed by atoms with E-state index in [9.17, 15) is 4.79 Å². The van der Waals surface area contributed by atoms with Crippen molar-refractivity contribution in [1.82, 2.24) is 4.90 Å². The molecule has 13 heavy (non-hydrogen) atoms. The van der Waals surface area contributed by atoms with Crippen LogP contribution in [0.3, 0.4) is 0 Å². The summed E-state index contributed by atoms with van der Waals surface area (Å²) in [5.41, 5.74) is 5.23. The minimum atomic E-state index is -1.16. The molecule has 0 amide bonds. The third-order valence-corrected chi connectivity index (χ3v) is 1.68. The highest BCUT2D eigenvalue weighted by Crippen LogP contribution is 2.01. The maximum Gasteiger partial charge on any atom is 0.321 e. The molecule has 0 aliphatic carbocycles. The predicted molar refractivity (Wildman–Crippen MR) is 45.7 cm³/mol. The number of carbonyl (C=O) groups is 1. The van der Waals surface area contributed by atoms with Crippen LogP contribution < -0.4 is 5.73 Å². The van der Waals surface area contributed by atoms with Gasteiger partial charge in [0.05, 0.1) is 0 Å². The van der Waals surface area contributed by atoms with Gasteiger partial charge in [0.2, 0.25) is 0 Å². The van der Waals surface area contributed by atoms with Gasteiger partial charge in [-0.1, -0.05) is 0 Å². The normalized spacial score (nSPS) is 18.3. The van der Waals surface area contributed by atoms with Gasteiger partial charge < -0.3 is 21.1 Å². The monoisotopic (exact) mass is 192 g/mol. The van der Waals surface area contributed by atoms with E-state index in [1.54, 1.807) is 0 Å². The summed E-state index contributed by atoms with van der Waals surface area (Å²) >= 11 is 0. The molecule has 0 aromatic rings. The van der Waals surface area contributed by atoms with Crippen molar-refractivity contribution in [3.05, 3.63) is 0 Å². The van der Waals surface area contributed by atoms with E-state index in [2.05, 4.69) is 0 Å². The van der Waals surface area contributed by atoms with Crippen LogP contribution >= 0.6 is 0 Å². The first kappa shape index (κ1) is 12.3. The molecule has 0 heterocycles. The summed E-state index contributed by atoms with van der Waals surface area (Å²) in [6.45, 7) is 2.77. The summed E-state index contributed by atoms with van der Waals surface area (Å²) < 4.78 is 0. The van der Waals surface area contributed by atoms with Gasteiger partial charge in [-0.15, -0.1) is 0 Å². The van der Waals surface area contributed by atoms with E-state index >= 15 is 0 Å². The number of nitrogens with zero attached hydrogens (tertiary/aromatic N) is 1. The molecular formula is C7H16N2O4. The van der Waals surface area contributed by atoms with E-state index in [4.69, 9.17) is 21.1 Å². The standard InChI is InChI=1S/C7H16N2O4/c1-4(10)9(5(2)11)3-6(8)7(12)13/h4-6,10-11H,3,8H2,1-2H3,(H,12,13)/t4-,5-,6+/m0/s1. The summed E-state index contributed by atoms with van der Waals surface area (Å²) in [5.74, 6) is -1.16. The van der Waals surface area contributed by atoms with E-state index in [1.807, 2.05) is 0 Å². The van der Waals surface area contributed by atoms with E-state index in [0.717, 1.165) is 0 Å². The number of carboxylic acid groups (broad SMARTS) is 1. The highest BCUT2D eigenvalue weighted by atomic mass is 16.4. The molecule has 0 fully saturated rings. The molecule has 0 aliphatic rings. The second kappa shape index (κ2) is 5.13. The maximum absolute atomic E-state index is 10.4. The zero-order chi connectivity index (χ0) is 10.6. The van der Waals surface area contributed by atoms with Crippen LogP contribution in [-0.4, -0.2) is 51.2 Å². The van der Waals surface area contributed by atoms with Crippen LogP contribution in [0.4, 0.5) is 0 Å². The van der Waals surface area contributed by atoms with Gasteiger partial charge in [-0.3, -0.25) is 9.69 Å². The summed E-state index contributed by atoms with van der Waals surface area (Å²) in [6, 6.07) is -1.11. The third kappa shape index (κ3) is 4.18. The zero-order valence-corrected chi connectivity index (χ0v) is 7.71. The molecule has 78 valence electrons. The number of nitrogens with two attached hydrogens (primary N) is 1. The quantitative estimate of drug-likeness (QED) is 0.390. The smallest absolute Gasteiger partial charge is 0.321 e. The van der Waals surface area contributed by atoms with Crippen molar-refractivity contribution in [2.24, 2.45) is 5.73 Å². The average molecular weight is 192 g/mol. The zero-order valence-electron chi connectivity index (χ0n) is 7.71. The van der Waals surface area contributed by atoms with Crippen molar-refractivity contribution >= 4 is 5.97 Å². The number of aliphatic carboxylic acids is 1. The lowest BCUT2D eigenvalue weighted by Gasteiger charge is -2.29. The number of rotatable bonds is 5. The Morgan fingerprint density at radius 3 is 2.00 bits per heavy atom. The SMILES string of the molecule is C[C@H](O)N(C[C@@H](N)C(=O)O)[C@H](C)O. The van der Waals surface area contributed by atoms with Gasteiger partial charge in [0.15, 0.2) is 0 Å². The van der Waals surface area contributed by atoms with Crippen molar-refractivity contribution in [3.63, 3.8) is 0 Å². The van der Waals surface area contributed by atoms with Crippen molar-refractivity contribution < 1.29 is 20.1 Å². The van der Waals surface area contributed by atoms with Gasteiger partial charge >= 0.3 is 5.97 Å². The molecule has 3 atom stereocenters. The van der Waals surface area contributed by atoms with E-state index in [1.165, 1.54) is 18.7 Å². The molecule has 6 heteroatoms. The Labute approximate surface area is 76.6 Å². The van der Waals surface area contributed by atoms with Crippen molar-refractivity contribution in [3.8, 4) is 0 Å². The largest absolute Gasteiger partial charge is 0.480 e. The second-order valence-electron chi connectivity index (χ2n) is 2.91. The fraction of sp³-hybridized carbons (Fsp3) is 0.857. The molecule has 0 bridgehead atoms. The molecule has 0 saturated carbocycles. The summed E-state index contributed by atoms with van der Waals surface area (Å²) in [6.07, 6.45) is -1.85. The molecule has 0 spiro atoms. The molecular weight excluding hydrogens is 176 g/mol. The minimum absolute atomic E-state index is 0.0926. The minimum Gasteiger partial charge on any atom is -0.480 e. The van der Waals surface area contributed by atoms with Crippen LogP contribution in [0.15, 0.2) is 0 Å². The van der Waals surface area contributed by atoms with Gasteiger partial charge in [0, 0.05) is 6.54 Å². The number of aliphatic hydroxyl groups is 2. The first-order valence-electron chi connectivity index (χ1n) is 3.96. The van der Waals surface area contributed by atoms with Gasteiger partial charge in [-0.25, -0.2) is 0 Å². The topological polar surface area (TPSA) is 107 Å². The Balaban J connectivity index is 4.18. The van der Waals surface area contributed by atoms with E-state index in [0.29, 0.717) is 0 Å². The van der Waals surface area contributed by atoms with Crippen LogP contribution in [0.5, 0.6) is 0 Å². The van der Waals surface area contributed by atoms with E-state index in [-0.39, 0.29) is 6.54 Å². The number of carboxylic acids is 1. The van der Waals surface area contributed by atoms with Crippen molar-refractivity contribution in [1.29, 1.82) is 0 Å². The number of hydrogen-bond donors (Lipinski definition) is 4. The maximum atomic E-state index is 10.4. The van der Waals surface area contributed by atoms with Crippen molar-refractivity contribution in [2.75, 3.05) is 6.54 Å². The summed E-state index contributed by atoms with van der Waals surface area (Å²) in [5, 5.41) is 26.7. The number of aliphatic hydroxyl groups excluding tert-OH is 2. The fourth-order valence-electron chi connectivity index (χ4n) is 0.923. The lowest BCUT2D eigenvalue weighted by Crippen LogP contribution is -2.49. The number of hydrogen-bond acceptors (Lipinski definition) is 5. The van der Waals surface area contributed by atoms with Crippen LogP contribution in [0.2, 0.25) is 0 Å². The van der Waals surface area contributed by atoms with Crippen LogP contribution in [0.25, 0.3) is 0 Å². The molecule has 0 aliphatic heterocycles. The Bertz CT molecular complexity index is 164. The molecule has 0 aromatic heterocycles. The van der Waals surface area contributed by atoms with Crippen LogP contribution in [0, 0.1) is 0 Å². The highest BCUT2D eigenvalue weighted by Gasteiger charge is 2.22. The Kier molecular flexibility index (Phi) is 4.86. The van der Waals surface area contributed by atoms with Gasteiger partial charge in [-0.2, -0.15) is 0 Å². The predicted octanol–water partition coefficient (Wildman–Crippen LogP) is -1.62. The Hall–Kier alpha value is -0.690. The molecule has 0 saturated heterocycles. The van der Waals surface area contributed by atoms with Crippen molar-refractivity contribution in [2.45, 2.75) is 32.3 Å². The second-order valence-corrected chi connectivity index (χ2v) is 2.91. The van der Waals surface area contributed by atoms with Gasteiger partial charge in [-0.05, 0) is 13.8 Å². The molecule has 5 N–H and O–H groups in total. The lowest BCUT2D eigenvalue weighted by molar-refractivity contribution is -0.141. The van der Waals surface area contributed by atoms with E-state index < -0.39 is 24.5 Å². The Morgan fingerprint density at radius 1 is 1.38 bits per heavy atom. The Morgan fingerprint density at radius 2 is 1.77 bits per heavy atom. The van der Waals surface area contributed by atoms with Gasteiger partial charge in [0.1, 0.15) is 18.5 Å². The lowest BCUT2D eigenvalue weighted by atomic mass is 10.3. The first-order valence-corrected chi connectivity index (χ1v) is 3.96. The summed E-state index contributed by atoms with van der Waals surface area (Å²) in [7, 11) is 0. The average Bonchev–Trinajstić information content (AvgIpc) is 1.97. The molecule has 0 aromatic carbocycles. The van der Waals surface area contributed by atoms with Crippen LogP contribution in [-0.2, 0) is 4.79 Å². The van der Waals surface area contributed by atoms with Gasteiger partial charge in [0.25, 0.3) is 0 Å². The fourth-order valence-corrected chi connectivity index (χ4v) is 0.923. The molecule has 0 radical (unpaired) electrons. The molecule has 0 rings (SSSR count). The highest BCUT2D eigenvalue weighted by molar-refractivity contribution is 5.73. The molecule has 0 unspecified atom stereocenters. The van der Waals surface area contributed by atoms with Crippen LogP contribution in [0.1, 0.15) is 13.8 Å².